The van der Waals surface area contributed by atoms with Crippen LogP contribution in [0.4, 0.5) is 8.78 Å². The molecule has 172 valence electrons. The van der Waals surface area contributed by atoms with Crippen molar-refractivity contribution in [3.05, 3.63) is 0 Å². The summed E-state index contributed by atoms with van der Waals surface area (Å²) >= 11 is 0. The molecule has 1 unspecified atom stereocenters. The van der Waals surface area contributed by atoms with Crippen molar-refractivity contribution in [1.29, 1.82) is 0 Å². The van der Waals surface area contributed by atoms with Crippen molar-refractivity contribution < 1.29 is 18.3 Å². The van der Waals surface area contributed by atoms with Crippen LogP contribution < -0.4 is 0 Å². The van der Waals surface area contributed by atoms with Gasteiger partial charge < -0.3 is 9.53 Å². The Morgan fingerprint density at radius 3 is 2.21 bits per heavy atom. The Morgan fingerprint density at radius 2 is 1.69 bits per heavy atom. The molecule has 0 aromatic heterocycles. The Kier molecular flexibility index (Phi) is 8.05. The molecule has 5 atom stereocenters. The molecule has 5 heteroatoms. The summed E-state index contributed by atoms with van der Waals surface area (Å²) in [6, 6.07) is 3.56. The van der Waals surface area contributed by atoms with Gasteiger partial charge in [-0.2, -0.15) is 0 Å². The zero-order valence-corrected chi connectivity index (χ0v) is 21.0. The van der Waals surface area contributed by atoms with Crippen molar-refractivity contribution in [2.45, 2.75) is 129 Å². The van der Waals surface area contributed by atoms with E-state index in [0.29, 0.717) is 24.4 Å². The molecule has 2 aliphatic carbocycles. The van der Waals surface area contributed by atoms with E-state index in [2.05, 4.69) is 34.6 Å². The van der Waals surface area contributed by atoms with Crippen molar-refractivity contribution in [3.8, 4) is 0 Å². The highest BCUT2D eigenvalue weighted by atomic mass is 28.4. The molecule has 0 spiro atoms. The highest BCUT2D eigenvalue weighted by Crippen LogP contribution is 2.59. The van der Waals surface area contributed by atoms with Crippen LogP contribution in [0.3, 0.4) is 0 Å². The molecule has 2 rings (SSSR count). The summed E-state index contributed by atoms with van der Waals surface area (Å²) in [7, 11) is -1.63. The number of alkyl halides is 2. The lowest BCUT2D eigenvalue weighted by molar-refractivity contribution is -0.168. The van der Waals surface area contributed by atoms with Crippen molar-refractivity contribution in [2.75, 3.05) is 0 Å². The molecule has 0 aromatic rings. The van der Waals surface area contributed by atoms with Crippen LogP contribution in [0.25, 0.3) is 0 Å². The van der Waals surface area contributed by atoms with E-state index in [9.17, 15) is 13.9 Å². The maximum atomic E-state index is 14.3. The van der Waals surface area contributed by atoms with Crippen molar-refractivity contribution in [2.24, 2.45) is 23.2 Å². The van der Waals surface area contributed by atoms with E-state index in [1.807, 2.05) is 0 Å². The Hall–Kier alpha value is -0.00312. The third-order valence-electron chi connectivity index (χ3n) is 8.97. The van der Waals surface area contributed by atoms with Gasteiger partial charge in [0.2, 0.25) is 0 Å². The first-order valence-electron chi connectivity index (χ1n) is 12.1. The van der Waals surface area contributed by atoms with Crippen molar-refractivity contribution in [1.82, 2.24) is 0 Å². The summed E-state index contributed by atoms with van der Waals surface area (Å²) in [5.41, 5.74) is -1.74. The van der Waals surface area contributed by atoms with Crippen LogP contribution in [0.1, 0.15) is 93.4 Å². The predicted octanol–water partition coefficient (Wildman–Crippen LogP) is 7.42. The molecule has 0 radical (unpaired) electrons. The lowest BCUT2D eigenvalue weighted by atomic mass is 9.61. The van der Waals surface area contributed by atoms with E-state index < -0.39 is 19.8 Å². The van der Waals surface area contributed by atoms with Gasteiger partial charge in [-0.1, -0.05) is 41.0 Å². The molecular weight excluding hydrogens is 386 g/mol. The lowest BCUT2D eigenvalue weighted by Crippen LogP contribution is -2.48. The summed E-state index contributed by atoms with van der Waals surface area (Å²) in [5, 5.41) is 9.81. The highest BCUT2D eigenvalue weighted by Gasteiger charge is 2.54. The minimum atomic E-state index is -3.03. The van der Waals surface area contributed by atoms with E-state index in [-0.39, 0.29) is 17.8 Å². The van der Waals surface area contributed by atoms with Crippen molar-refractivity contribution >= 4 is 8.32 Å². The smallest absolute Gasteiger partial charge is 0.275 e. The van der Waals surface area contributed by atoms with Gasteiger partial charge in [-0.3, -0.25) is 0 Å². The fourth-order valence-corrected chi connectivity index (χ4v) is 9.40. The number of hydrogen-bond donors (Lipinski definition) is 1. The van der Waals surface area contributed by atoms with E-state index in [0.717, 1.165) is 6.42 Å². The first kappa shape index (κ1) is 25.3. The van der Waals surface area contributed by atoms with Gasteiger partial charge in [0.05, 0.1) is 0 Å². The Balaban J connectivity index is 2.09. The van der Waals surface area contributed by atoms with Gasteiger partial charge in [-0.15, -0.1) is 0 Å². The summed E-state index contributed by atoms with van der Waals surface area (Å²) in [4.78, 5) is 0. The monoisotopic (exact) mass is 432 g/mol. The normalized spacial score (nSPS) is 32.3. The quantitative estimate of drug-likeness (QED) is 0.364. The minimum Gasteiger partial charge on any atom is -0.414 e. The third-order valence-corrected chi connectivity index (χ3v) is 13.6. The van der Waals surface area contributed by atoms with E-state index in [1.165, 1.54) is 57.7 Å². The average Bonchev–Trinajstić information content (AvgIpc) is 3.01. The molecule has 2 fully saturated rings. The molecule has 29 heavy (non-hydrogen) atoms. The van der Waals surface area contributed by atoms with Gasteiger partial charge in [-0.05, 0) is 87.3 Å². The second-order valence-electron chi connectivity index (χ2n) is 10.9. The summed E-state index contributed by atoms with van der Waals surface area (Å²) in [6.07, 6.45) is 6.51. The van der Waals surface area contributed by atoms with Gasteiger partial charge in [-0.25, -0.2) is 8.78 Å². The maximum absolute atomic E-state index is 14.3. The molecule has 0 bridgehead atoms. The van der Waals surface area contributed by atoms with Gasteiger partial charge in [0, 0.05) is 12.5 Å². The molecule has 0 aliphatic heterocycles. The van der Waals surface area contributed by atoms with Crippen LogP contribution >= 0.6 is 0 Å². The first-order valence-corrected chi connectivity index (χ1v) is 14.7. The van der Waals surface area contributed by atoms with E-state index >= 15 is 0 Å². The molecule has 2 aliphatic rings. The SMILES string of the molecule is CC[Si](CC)(CC)O[C@H]1CCC[C@]2(C)[C@@H](C(C)CCC(F)(F)C(C)(C)O)CC[C@@H]12. The molecule has 0 amide bonds. The second-order valence-corrected chi connectivity index (χ2v) is 15.6. The van der Waals surface area contributed by atoms with Crippen molar-refractivity contribution in [3.63, 3.8) is 0 Å². The Labute approximate surface area is 179 Å². The minimum absolute atomic E-state index is 0.210. The fraction of sp³-hybridized carbons (Fsp3) is 1.00. The standard InChI is InChI=1S/C24H46F2O2Si/c1-8-29(9-2,10-3)28-21-12-11-16-23(7)19(13-14-20(21)23)18(4)15-17-24(25,26)22(5,6)27/h18-21,27H,8-17H2,1-7H3/t18?,19-,20+,21+,23-/m1/s1. The van der Waals surface area contributed by atoms with Crippen LogP contribution in [0.2, 0.25) is 18.1 Å². The zero-order valence-electron chi connectivity index (χ0n) is 20.0. The molecule has 2 saturated carbocycles. The molecular formula is C24H46F2O2Si. The van der Waals surface area contributed by atoms with Gasteiger partial charge in [0.1, 0.15) is 5.60 Å². The number of rotatable bonds is 10. The Bertz CT molecular complexity index is 521. The van der Waals surface area contributed by atoms with Crippen LogP contribution in [-0.4, -0.2) is 31.1 Å². The largest absolute Gasteiger partial charge is 0.414 e. The van der Waals surface area contributed by atoms with E-state index in [1.54, 1.807) is 0 Å². The molecule has 0 aromatic carbocycles. The highest BCUT2D eigenvalue weighted by molar-refractivity contribution is 6.73. The summed E-state index contributed by atoms with van der Waals surface area (Å²) < 4.78 is 35.6. The topological polar surface area (TPSA) is 29.5 Å². The zero-order chi connectivity index (χ0) is 22.1. The number of aliphatic hydroxyl groups is 1. The number of halogens is 2. The van der Waals surface area contributed by atoms with Crippen LogP contribution in [0, 0.1) is 23.2 Å². The number of fused-ring (bicyclic) bond motifs is 1. The molecule has 1 N–H and O–H groups in total. The van der Waals surface area contributed by atoms with E-state index in [4.69, 9.17) is 4.43 Å². The number of hydrogen-bond acceptors (Lipinski definition) is 2. The summed E-state index contributed by atoms with van der Waals surface area (Å²) in [6.45, 7) is 13.9. The second kappa shape index (κ2) is 9.24. The molecule has 0 heterocycles. The first-order chi connectivity index (χ1) is 13.4. The summed E-state index contributed by atoms with van der Waals surface area (Å²) in [5.74, 6) is -1.72. The van der Waals surface area contributed by atoms with Gasteiger partial charge in [0.25, 0.3) is 5.92 Å². The van der Waals surface area contributed by atoms with Gasteiger partial charge in [0.15, 0.2) is 8.32 Å². The predicted molar refractivity (Wildman–Crippen MR) is 120 cm³/mol. The van der Waals surface area contributed by atoms with Gasteiger partial charge >= 0.3 is 0 Å². The van der Waals surface area contributed by atoms with Crippen LogP contribution in [-0.2, 0) is 4.43 Å². The average molecular weight is 433 g/mol. The van der Waals surface area contributed by atoms with Crippen LogP contribution in [0.5, 0.6) is 0 Å². The van der Waals surface area contributed by atoms with Crippen LogP contribution in [0.15, 0.2) is 0 Å². The third kappa shape index (κ3) is 5.09. The Morgan fingerprint density at radius 1 is 1.10 bits per heavy atom. The molecule has 2 nitrogen and oxygen atoms in total. The molecule has 0 saturated heterocycles. The fourth-order valence-electron chi connectivity index (χ4n) is 6.47. The lowest BCUT2D eigenvalue weighted by Gasteiger charge is -2.49. The maximum Gasteiger partial charge on any atom is 0.275 e.